The summed E-state index contributed by atoms with van der Waals surface area (Å²) in [6.45, 7) is 0. The molecule has 1 aliphatic rings. The summed E-state index contributed by atoms with van der Waals surface area (Å²) in [7, 11) is -18.0. The molecule has 1 N–H and O–H groups in total. The van der Waals surface area contributed by atoms with Gasteiger partial charge in [0.2, 0.25) is 0 Å². The van der Waals surface area contributed by atoms with E-state index in [0.717, 1.165) is 12.8 Å². The molecule has 18 heteroatoms. The van der Waals surface area contributed by atoms with Gasteiger partial charge in [0.25, 0.3) is 0 Å². The minimum absolute atomic E-state index is 0. The van der Waals surface area contributed by atoms with Crippen molar-refractivity contribution >= 4 is 79.1 Å². The maximum absolute atomic E-state index is 9.76. The van der Waals surface area contributed by atoms with Crippen molar-refractivity contribution < 1.29 is 61.7 Å². The summed E-state index contributed by atoms with van der Waals surface area (Å²) in [5.41, 5.74) is 0. The van der Waals surface area contributed by atoms with Crippen LogP contribution in [0.2, 0.25) is 0 Å². The number of hydrogen-bond acceptors (Lipinski definition) is 1. The molecule has 1 rings (SSSR count). The molecule has 132 valence electrons. The van der Waals surface area contributed by atoms with Crippen molar-refractivity contribution in [2.75, 3.05) is 0 Å². The van der Waals surface area contributed by atoms with E-state index in [-0.39, 0.29) is 57.3 Å². The molecule has 1 fully saturated rings. The standard InChI is InChI=1S/C4H6O2.3BF4.K.H/c5-4(6)3-1-2-3;3*2-1(3,4)5;;/h3H,1-2H2,(H,5,6);;;;;/q;3*-1;;. The number of halogens is 12. The number of carbonyl (C=O) groups is 1. The first-order valence-corrected chi connectivity index (χ1v) is 4.65. The van der Waals surface area contributed by atoms with Crippen LogP contribution in [0.1, 0.15) is 12.8 Å². The first-order valence-electron chi connectivity index (χ1n) is 4.65. The van der Waals surface area contributed by atoms with Crippen LogP contribution < -0.4 is 0 Å². The second-order valence-electron chi connectivity index (χ2n) is 3.10. The average molecular weight is 387 g/mol. The van der Waals surface area contributed by atoms with Crippen molar-refractivity contribution in [1.82, 2.24) is 0 Å². The summed E-state index contributed by atoms with van der Waals surface area (Å²) in [5, 5.41) is 8.05. The third-order valence-electron chi connectivity index (χ3n) is 0.927. The van der Waals surface area contributed by atoms with E-state index in [4.69, 9.17) is 5.11 Å². The van der Waals surface area contributed by atoms with Crippen LogP contribution in [0.25, 0.3) is 0 Å². The van der Waals surface area contributed by atoms with Gasteiger partial charge in [-0.1, -0.05) is 0 Å². The second-order valence-corrected chi connectivity index (χ2v) is 3.10. The maximum atomic E-state index is 9.76. The Labute approximate surface area is 158 Å². The third-order valence-corrected chi connectivity index (χ3v) is 0.927. The second kappa shape index (κ2) is 12.8. The van der Waals surface area contributed by atoms with Crippen LogP contribution in [-0.4, -0.2) is 84.2 Å². The van der Waals surface area contributed by atoms with Crippen molar-refractivity contribution in [2.24, 2.45) is 5.92 Å². The molecule has 0 aromatic rings. The van der Waals surface area contributed by atoms with E-state index in [1.54, 1.807) is 0 Å². The molecule has 0 amide bonds. The van der Waals surface area contributed by atoms with Crippen molar-refractivity contribution in [1.29, 1.82) is 0 Å². The first kappa shape index (κ1) is 30.4. The summed E-state index contributed by atoms with van der Waals surface area (Å²) in [6, 6.07) is 0. The predicted octanol–water partition coefficient (Wildman–Crippen LogP) is 3.73. The monoisotopic (exact) mass is 387 g/mol. The molecule has 1 saturated carbocycles. The number of hydrogen-bond donors (Lipinski definition) is 1. The molecular weight excluding hydrogens is 380 g/mol. The number of carboxylic acids is 1. The van der Waals surface area contributed by atoms with Gasteiger partial charge in [-0.25, -0.2) is 0 Å². The van der Waals surface area contributed by atoms with E-state index in [1.807, 2.05) is 0 Å². The average Bonchev–Trinajstić information content (AvgIpc) is 2.71. The fourth-order valence-electron chi connectivity index (χ4n) is 0.330. The molecule has 0 radical (unpaired) electrons. The van der Waals surface area contributed by atoms with Crippen LogP contribution in [-0.2, 0) is 4.79 Å². The van der Waals surface area contributed by atoms with Gasteiger partial charge in [-0.2, -0.15) is 0 Å². The van der Waals surface area contributed by atoms with Gasteiger partial charge in [-0.05, 0) is 12.8 Å². The fraction of sp³-hybridized carbons (Fsp3) is 0.750. The number of rotatable bonds is 1. The first-order chi connectivity index (χ1) is 8.80. The summed E-state index contributed by atoms with van der Waals surface area (Å²) in [5.74, 6) is -0.611. The number of aliphatic carboxylic acids is 1. The molecular formula is C4H7B3F12KO2-3. The molecule has 0 unspecified atom stereocenters. The molecule has 0 spiro atoms. The predicted molar refractivity (Wildman–Crippen MR) is 58.1 cm³/mol. The van der Waals surface area contributed by atoms with E-state index in [9.17, 15) is 56.6 Å². The Balaban J connectivity index is -0.0000000973. The molecule has 2 nitrogen and oxygen atoms in total. The Kier molecular flexibility index (Phi) is 17.7. The van der Waals surface area contributed by atoms with E-state index in [2.05, 4.69) is 0 Å². The van der Waals surface area contributed by atoms with Gasteiger partial charge < -0.3 is 56.9 Å². The van der Waals surface area contributed by atoms with Crippen molar-refractivity contribution in [3.05, 3.63) is 0 Å². The van der Waals surface area contributed by atoms with Crippen LogP contribution in [0.15, 0.2) is 0 Å². The van der Waals surface area contributed by atoms with Gasteiger partial charge in [0.1, 0.15) is 0 Å². The van der Waals surface area contributed by atoms with E-state index in [1.165, 1.54) is 0 Å². The van der Waals surface area contributed by atoms with Crippen LogP contribution in [0, 0.1) is 5.92 Å². The van der Waals surface area contributed by atoms with Crippen LogP contribution in [0.3, 0.4) is 0 Å². The zero-order valence-electron chi connectivity index (χ0n) is 9.61. The zero-order valence-corrected chi connectivity index (χ0v) is 9.61. The number of carboxylic acid groups (broad SMARTS) is 1. The molecule has 0 heterocycles. The molecule has 0 saturated heterocycles. The Morgan fingerprint density at radius 2 is 0.818 bits per heavy atom. The van der Waals surface area contributed by atoms with Gasteiger partial charge in [0.05, 0.1) is 5.92 Å². The molecule has 22 heavy (non-hydrogen) atoms. The van der Waals surface area contributed by atoms with Gasteiger partial charge >= 0.3 is 79.1 Å². The molecule has 0 aromatic carbocycles. The molecule has 1 aliphatic carbocycles. The summed E-state index contributed by atoms with van der Waals surface area (Å²) in [6.07, 6.45) is 1.80. The molecule has 0 aromatic heterocycles. The zero-order chi connectivity index (χ0) is 18.1. The van der Waals surface area contributed by atoms with E-state index < -0.39 is 27.7 Å². The summed E-state index contributed by atoms with van der Waals surface area (Å²) >= 11 is 0. The van der Waals surface area contributed by atoms with Crippen molar-refractivity contribution in [3.63, 3.8) is 0 Å². The van der Waals surface area contributed by atoms with Crippen LogP contribution >= 0.6 is 0 Å². The Hall–Kier alpha value is 0.461. The van der Waals surface area contributed by atoms with Gasteiger partial charge in [0.15, 0.2) is 0 Å². The fourth-order valence-corrected chi connectivity index (χ4v) is 0.330. The Morgan fingerprint density at radius 3 is 0.818 bits per heavy atom. The normalized spacial score (nSPS) is 13.8. The molecule has 0 bridgehead atoms. The quantitative estimate of drug-likeness (QED) is 0.551. The third kappa shape index (κ3) is 139. The summed E-state index contributed by atoms with van der Waals surface area (Å²) in [4.78, 5) is 9.76. The molecule has 0 atom stereocenters. The minimum atomic E-state index is -6.00. The van der Waals surface area contributed by atoms with Gasteiger partial charge in [-0.15, -0.1) is 0 Å². The Bertz CT molecular complexity index is 239. The Morgan fingerprint density at radius 1 is 0.682 bits per heavy atom. The molecule has 0 aliphatic heterocycles. The van der Waals surface area contributed by atoms with Crippen LogP contribution in [0.4, 0.5) is 51.8 Å². The summed E-state index contributed by atoms with van der Waals surface area (Å²) < 4.78 is 117. The SMILES string of the molecule is F[B-](F)(F)F.F[B-](F)(F)F.F[B-](F)(F)F.O=C(O)C1CC1.[KH]. The van der Waals surface area contributed by atoms with Crippen LogP contribution in [0.5, 0.6) is 0 Å². The van der Waals surface area contributed by atoms with Gasteiger partial charge in [-0.3, -0.25) is 4.79 Å². The van der Waals surface area contributed by atoms with Crippen molar-refractivity contribution in [2.45, 2.75) is 12.8 Å². The van der Waals surface area contributed by atoms with Gasteiger partial charge in [0, 0.05) is 0 Å². The van der Waals surface area contributed by atoms with E-state index in [0.29, 0.717) is 0 Å². The topological polar surface area (TPSA) is 37.3 Å². The van der Waals surface area contributed by atoms with E-state index >= 15 is 0 Å². The van der Waals surface area contributed by atoms with Crippen molar-refractivity contribution in [3.8, 4) is 0 Å².